The second kappa shape index (κ2) is 6.65. The lowest BCUT2D eigenvalue weighted by Gasteiger charge is -2.21. The number of para-hydroxylation sites is 2. The van der Waals surface area contributed by atoms with E-state index in [0.29, 0.717) is 11.5 Å². The van der Waals surface area contributed by atoms with E-state index in [1.807, 2.05) is 36.4 Å². The third-order valence-corrected chi connectivity index (χ3v) is 7.55. The van der Waals surface area contributed by atoms with Gasteiger partial charge in [-0.2, -0.15) is 0 Å². The fraction of sp³-hybridized carbons (Fsp3) is 0.133. The van der Waals surface area contributed by atoms with Crippen molar-refractivity contribution >= 4 is 32.9 Å². The van der Waals surface area contributed by atoms with Gasteiger partial charge in [0.05, 0.1) is 5.11 Å². The van der Waals surface area contributed by atoms with Crippen LogP contribution >= 0.6 is 6.49 Å². The average Bonchev–Trinajstić information content (AvgIpc) is 2.38. The van der Waals surface area contributed by atoms with Crippen LogP contribution in [0.2, 0.25) is 0 Å². The van der Waals surface area contributed by atoms with Crippen LogP contribution in [0.4, 0.5) is 0 Å². The monoisotopic (exact) mass is 340 g/mol. The number of rotatable bonds is 5. The van der Waals surface area contributed by atoms with Gasteiger partial charge in [0, 0.05) is 12.5 Å². The minimum Gasteiger partial charge on any atom is -0.432 e. The fourth-order valence-corrected chi connectivity index (χ4v) is 7.71. The van der Waals surface area contributed by atoms with Crippen molar-refractivity contribution < 1.29 is 13.3 Å². The Balaban J connectivity index is 2.36. The van der Waals surface area contributed by atoms with Gasteiger partial charge in [0.25, 0.3) is 0 Å². The van der Waals surface area contributed by atoms with Gasteiger partial charge in [-0.3, -0.25) is 4.21 Å². The summed E-state index contributed by atoms with van der Waals surface area (Å²) >= 11 is 5.55. The topological polar surface area (TPSA) is 35.5 Å². The molecule has 0 bridgehead atoms. The quantitative estimate of drug-likeness (QED) is 0.613. The van der Waals surface area contributed by atoms with E-state index in [2.05, 4.69) is 0 Å². The van der Waals surface area contributed by atoms with E-state index in [9.17, 15) is 4.21 Å². The fourth-order valence-electron chi connectivity index (χ4n) is 1.63. The van der Waals surface area contributed by atoms with Crippen LogP contribution in [0, 0.1) is 0 Å². The Bertz CT molecular complexity index is 698. The van der Waals surface area contributed by atoms with Gasteiger partial charge in [0.2, 0.25) is 0 Å². The lowest BCUT2D eigenvalue weighted by molar-refractivity contribution is 0.503. The highest BCUT2D eigenvalue weighted by molar-refractivity contribution is 8.25. The maximum Gasteiger partial charge on any atom is 0.320 e. The zero-order valence-electron chi connectivity index (χ0n) is 11.8. The summed E-state index contributed by atoms with van der Waals surface area (Å²) in [6, 6.07) is 18.4. The SMILES string of the molecule is CS(C)(=O)=CP(=S)(Oc1ccccc1)Oc1ccccc1. The minimum atomic E-state index is -2.85. The second-order valence-corrected chi connectivity index (χ2v) is 11.2. The van der Waals surface area contributed by atoms with Gasteiger partial charge in [-0.15, -0.1) is 0 Å². The molecule has 0 fully saturated rings. The molecule has 0 heterocycles. The molecule has 21 heavy (non-hydrogen) atoms. The summed E-state index contributed by atoms with van der Waals surface area (Å²) in [6.07, 6.45) is 3.24. The average molecular weight is 340 g/mol. The highest BCUT2D eigenvalue weighted by Gasteiger charge is 2.21. The molecule has 0 unspecified atom stereocenters. The van der Waals surface area contributed by atoms with E-state index >= 15 is 0 Å². The number of hydrogen-bond donors (Lipinski definition) is 0. The molecule has 0 aliphatic carbocycles. The van der Waals surface area contributed by atoms with Crippen LogP contribution in [0.5, 0.6) is 11.5 Å². The minimum absolute atomic E-state index is 0.608. The maximum absolute atomic E-state index is 12.1. The van der Waals surface area contributed by atoms with Gasteiger partial charge in [-0.25, -0.2) is 0 Å². The summed E-state index contributed by atoms with van der Waals surface area (Å²) in [6.45, 7) is -2.85. The van der Waals surface area contributed by atoms with Crippen LogP contribution in [0.1, 0.15) is 0 Å². The normalized spacial score (nSPS) is 11.7. The summed E-state index contributed by atoms with van der Waals surface area (Å²) in [7, 11) is -2.20. The molecular formula is C15H17O3PS2. The van der Waals surface area contributed by atoms with E-state index < -0.39 is 16.0 Å². The molecule has 0 atom stereocenters. The molecule has 0 amide bonds. The van der Waals surface area contributed by atoms with Crippen molar-refractivity contribution in [1.29, 1.82) is 0 Å². The third kappa shape index (κ3) is 5.54. The van der Waals surface area contributed by atoms with Crippen molar-refractivity contribution in [2.24, 2.45) is 0 Å². The predicted octanol–water partition coefficient (Wildman–Crippen LogP) is 3.76. The van der Waals surface area contributed by atoms with Crippen LogP contribution in [-0.4, -0.2) is 21.8 Å². The first-order chi connectivity index (χ1) is 9.86. The van der Waals surface area contributed by atoms with E-state index in [4.69, 9.17) is 20.9 Å². The molecule has 2 aromatic rings. The zero-order valence-corrected chi connectivity index (χ0v) is 14.4. The van der Waals surface area contributed by atoms with Gasteiger partial charge >= 0.3 is 6.49 Å². The number of benzene rings is 2. The van der Waals surface area contributed by atoms with Crippen molar-refractivity contribution in [3.05, 3.63) is 60.7 Å². The molecule has 0 aliphatic rings. The van der Waals surface area contributed by atoms with Crippen LogP contribution in [-0.2, 0) is 21.3 Å². The molecular weight excluding hydrogens is 323 g/mol. The Labute approximate surface area is 131 Å². The zero-order chi connectivity index (χ0) is 15.3. The molecule has 2 aromatic carbocycles. The molecule has 0 aromatic heterocycles. The first-order valence-electron chi connectivity index (χ1n) is 6.25. The molecule has 0 saturated carbocycles. The standard InChI is InChI=1S/C15H17O3PS2/c1-21(2,16)13-19(20,17-14-9-5-3-6-10-14)18-15-11-7-4-8-12-15/h3-13H,1-2H3. The molecule has 0 N–H and O–H groups in total. The van der Waals surface area contributed by atoms with Gasteiger partial charge in [0.15, 0.2) is 0 Å². The van der Waals surface area contributed by atoms with E-state index in [-0.39, 0.29) is 0 Å². The summed E-state index contributed by atoms with van der Waals surface area (Å²) in [5, 5.41) is 1.54. The Kier molecular flexibility index (Phi) is 5.09. The molecule has 0 saturated heterocycles. The first-order valence-corrected chi connectivity index (χ1v) is 11.4. The molecule has 0 radical (unpaired) electrons. The smallest absolute Gasteiger partial charge is 0.320 e. The van der Waals surface area contributed by atoms with Gasteiger partial charge in [-0.05, 0) is 45.6 Å². The summed E-state index contributed by atoms with van der Waals surface area (Å²) < 4.78 is 23.8. The van der Waals surface area contributed by atoms with Crippen molar-refractivity contribution in [3.8, 4) is 11.5 Å². The van der Waals surface area contributed by atoms with Gasteiger partial charge in [0.1, 0.15) is 11.5 Å². The highest BCUT2D eigenvalue weighted by atomic mass is 32.5. The third-order valence-electron chi connectivity index (χ3n) is 2.33. The largest absolute Gasteiger partial charge is 0.432 e. The van der Waals surface area contributed by atoms with Crippen LogP contribution in [0.15, 0.2) is 60.7 Å². The van der Waals surface area contributed by atoms with E-state index in [1.54, 1.807) is 36.8 Å². The molecule has 0 aliphatic heterocycles. The van der Waals surface area contributed by atoms with Crippen molar-refractivity contribution in [3.63, 3.8) is 0 Å². The van der Waals surface area contributed by atoms with Gasteiger partial charge in [-0.1, -0.05) is 36.4 Å². The molecule has 112 valence electrons. The molecule has 6 heteroatoms. The van der Waals surface area contributed by atoms with E-state index in [1.165, 1.54) is 5.11 Å². The first kappa shape index (κ1) is 16.1. The van der Waals surface area contributed by atoms with Gasteiger partial charge < -0.3 is 9.05 Å². The molecule has 3 nitrogen and oxygen atoms in total. The summed E-state index contributed by atoms with van der Waals surface area (Å²) in [5.41, 5.74) is 0. The highest BCUT2D eigenvalue weighted by Crippen LogP contribution is 2.46. The summed E-state index contributed by atoms with van der Waals surface area (Å²) in [5.74, 6) is 1.22. The Morgan fingerprint density at radius 2 is 1.29 bits per heavy atom. The van der Waals surface area contributed by atoms with Crippen molar-refractivity contribution in [2.45, 2.75) is 0 Å². The predicted molar refractivity (Wildman–Crippen MR) is 94.5 cm³/mol. The van der Waals surface area contributed by atoms with Crippen LogP contribution in [0.3, 0.4) is 0 Å². The van der Waals surface area contributed by atoms with Crippen LogP contribution < -0.4 is 9.05 Å². The Morgan fingerprint density at radius 3 is 1.62 bits per heavy atom. The van der Waals surface area contributed by atoms with Crippen molar-refractivity contribution in [2.75, 3.05) is 12.5 Å². The summed E-state index contributed by atoms with van der Waals surface area (Å²) in [4.78, 5) is 0. The Morgan fingerprint density at radius 1 is 0.905 bits per heavy atom. The molecule has 2 rings (SSSR count). The molecule has 0 spiro atoms. The number of hydrogen-bond acceptors (Lipinski definition) is 4. The van der Waals surface area contributed by atoms with Crippen LogP contribution in [0.25, 0.3) is 0 Å². The second-order valence-electron chi connectivity index (χ2n) is 4.76. The van der Waals surface area contributed by atoms with E-state index in [0.717, 1.165) is 0 Å². The Hall–Kier alpha value is -1.29. The van der Waals surface area contributed by atoms with Crippen molar-refractivity contribution in [1.82, 2.24) is 0 Å². The maximum atomic E-state index is 12.1. The lowest BCUT2D eigenvalue weighted by atomic mass is 10.3. The lowest BCUT2D eigenvalue weighted by Crippen LogP contribution is -2.07.